The van der Waals surface area contributed by atoms with Crippen LogP contribution >= 0.6 is 0 Å². The van der Waals surface area contributed by atoms with Crippen LogP contribution < -0.4 is 0 Å². The summed E-state index contributed by atoms with van der Waals surface area (Å²) in [5.41, 5.74) is 0. The zero-order chi connectivity index (χ0) is 9.49. The Balaban J connectivity index is 0. The summed E-state index contributed by atoms with van der Waals surface area (Å²) in [5.74, 6) is 0. The highest BCUT2D eigenvalue weighted by molar-refractivity contribution is 6.50. The summed E-state index contributed by atoms with van der Waals surface area (Å²) in [6.45, 7) is 6.40. The molecule has 0 N–H and O–H groups in total. The quantitative estimate of drug-likeness (QED) is 0.345. The molecule has 0 heterocycles. The van der Waals surface area contributed by atoms with Gasteiger partial charge in [-0.3, -0.25) is 0 Å². The molecule has 0 aliphatic heterocycles. The van der Waals surface area contributed by atoms with E-state index < -0.39 is 7.25 Å². The van der Waals surface area contributed by atoms with Crippen LogP contribution in [0.15, 0.2) is 0 Å². The molecule has 11 heavy (non-hydrogen) atoms. The fraction of sp³-hybridized carbons (Fsp3) is 1.00. The number of hydrogen-bond donors (Lipinski definition) is 0. The second-order valence-electron chi connectivity index (χ2n) is 1.85. The van der Waals surface area contributed by atoms with Gasteiger partial charge in [-0.25, -0.2) is 0 Å². The van der Waals surface area contributed by atoms with Crippen LogP contribution in [0, 0.1) is 0 Å². The van der Waals surface area contributed by atoms with Crippen LogP contribution in [-0.2, 0) is 4.37 Å². The summed E-state index contributed by atoms with van der Waals surface area (Å²) < 4.78 is 41.9. The largest absolute Gasteiger partial charge is 0.673 e. The third-order valence-corrected chi connectivity index (χ3v) is 0.986. The lowest BCUT2D eigenvalue weighted by atomic mass is 10.3. The molecule has 0 amide bonds. The number of halogens is 4. The summed E-state index contributed by atoms with van der Waals surface area (Å²) in [6.07, 6.45) is 0. The van der Waals surface area contributed by atoms with Crippen molar-refractivity contribution < 1.29 is 21.6 Å². The Morgan fingerprint density at radius 2 is 1.18 bits per heavy atom. The molecule has 0 radical (unpaired) electrons. The van der Waals surface area contributed by atoms with Crippen molar-refractivity contribution in [3.8, 4) is 0 Å². The Labute approximate surface area is 64.2 Å². The third-order valence-electron chi connectivity index (χ3n) is 0.986. The molecule has 0 spiro atoms. The van der Waals surface area contributed by atoms with Crippen LogP contribution in [0.5, 0.6) is 0 Å². The van der Waals surface area contributed by atoms with Gasteiger partial charge in [-0.2, -0.15) is 0 Å². The monoisotopic (exact) mass is 176 g/mol. The maximum absolute atomic E-state index is 9.75. The van der Waals surface area contributed by atoms with Gasteiger partial charge in [0.1, 0.15) is 20.3 Å². The molecule has 0 aromatic heterocycles. The standard InChI is InChI=1S/C5H13O.BF4/c1-4-6(3)5-2;2-1(3,4)5/h4-5H2,1-3H3;/q+1;-1. The summed E-state index contributed by atoms with van der Waals surface area (Å²) in [4.78, 5) is 0. The molecular formula is C5H13BF4O. The Kier molecular flexibility index (Phi) is 7.83. The normalized spacial score (nSPS) is 10.9. The second kappa shape index (κ2) is 6.45. The van der Waals surface area contributed by atoms with Gasteiger partial charge in [-0.05, 0) is 0 Å². The van der Waals surface area contributed by atoms with Crippen LogP contribution in [-0.4, -0.2) is 27.6 Å². The van der Waals surface area contributed by atoms with E-state index in [9.17, 15) is 17.3 Å². The smallest absolute Gasteiger partial charge is 0.425 e. The fourth-order valence-electron chi connectivity index (χ4n) is 0.204. The maximum Gasteiger partial charge on any atom is 0.673 e. The van der Waals surface area contributed by atoms with Crippen molar-refractivity contribution in [2.24, 2.45) is 0 Å². The van der Waals surface area contributed by atoms with Gasteiger partial charge >= 0.3 is 7.25 Å². The van der Waals surface area contributed by atoms with E-state index in [1.165, 1.54) is 0 Å². The van der Waals surface area contributed by atoms with Gasteiger partial charge in [0, 0.05) is 13.8 Å². The van der Waals surface area contributed by atoms with E-state index in [0.29, 0.717) is 0 Å². The average Bonchev–Trinajstić information content (AvgIpc) is 1.83. The second-order valence-corrected chi connectivity index (χ2v) is 1.85. The summed E-state index contributed by atoms with van der Waals surface area (Å²) in [7, 11) is -3.97. The predicted octanol–water partition coefficient (Wildman–Crippen LogP) is 2.51. The Bertz CT molecular complexity index is 75.0. The average molecular weight is 176 g/mol. The molecule has 1 nitrogen and oxygen atoms in total. The molecule has 0 aromatic rings. The lowest BCUT2D eigenvalue weighted by Gasteiger charge is -2.05. The number of rotatable bonds is 2. The van der Waals surface area contributed by atoms with Crippen molar-refractivity contribution in [3.05, 3.63) is 0 Å². The molecular weight excluding hydrogens is 163 g/mol. The van der Waals surface area contributed by atoms with Gasteiger partial charge in [0.2, 0.25) is 0 Å². The van der Waals surface area contributed by atoms with E-state index in [4.69, 9.17) is 0 Å². The van der Waals surface area contributed by atoms with Crippen molar-refractivity contribution in [3.63, 3.8) is 0 Å². The van der Waals surface area contributed by atoms with Crippen LogP contribution in [0.2, 0.25) is 0 Å². The first-order chi connectivity index (χ1) is 4.81. The first kappa shape index (κ1) is 13.3. The Morgan fingerprint density at radius 1 is 1.00 bits per heavy atom. The van der Waals surface area contributed by atoms with E-state index in [0.717, 1.165) is 13.2 Å². The van der Waals surface area contributed by atoms with E-state index in [2.05, 4.69) is 18.2 Å². The molecule has 0 rings (SSSR count). The van der Waals surface area contributed by atoms with Crippen molar-refractivity contribution in [1.29, 1.82) is 0 Å². The lowest BCUT2D eigenvalue weighted by Crippen LogP contribution is -2.05. The van der Waals surface area contributed by atoms with Gasteiger partial charge in [-0.15, -0.1) is 0 Å². The van der Waals surface area contributed by atoms with Crippen molar-refractivity contribution in [1.82, 2.24) is 0 Å². The molecule has 0 atom stereocenters. The molecule has 0 saturated heterocycles. The topological polar surface area (TPSA) is 2.70 Å². The third kappa shape index (κ3) is 41.7. The molecule has 0 unspecified atom stereocenters. The van der Waals surface area contributed by atoms with Gasteiger partial charge in [0.25, 0.3) is 0 Å². The van der Waals surface area contributed by atoms with E-state index in [1.807, 2.05) is 7.11 Å². The Morgan fingerprint density at radius 3 is 1.18 bits per heavy atom. The van der Waals surface area contributed by atoms with Crippen LogP contribution in [0.1, 0.15) is 13.8 Å². The summed E-state index contributed by atoms with van der Waals surface area (Å²) in [5, 5.41) is 0. The molecule has 70 valence electrons. The van der Waals surface area contributed by atoms with Crippen LogP contribution in [0.25, 0.3) is 0 Å². The zero-order valence-corrected chi connectivity index (χ0v) is 6.91. The molecule has 0 saturated carbocycles. The van der Waals surface area contributed by atoms with E-state index in [-0.39, 0.29) is 0 Å². The maximum atomic E-state index is 9.75. The van der Waals surface area contributed by atoms with Crippen molar-refractivity contribution in [2.75, 3.05) is 20.3 Å². The van der Waals surface area contributed by atoms with E-state index in [1.54, 1.807) is 0 Å². The highest BCUT2D eigenvalue weighted by atomic mass is 19.5. The molecule has 0 aliphatic rings. The van der Waals surface area contributed by atoms with Gasteiger partial charge in [0.05, 0.1) is 0 Å². The van der Waals surface area contributed by atoms with Crippen LogP contribution in [0.4, 0.5) is 17.3 Å². The predicted molar refractivity (Wildman–Crippen MR) is 38.3 cm³/mol. The SMILES string of the molecule is CC[O+](C)CC.F[B-](F)(F)F. The highest BCUT2D eigenvalue weighted by Gasteiger charge is 2.20. The first-order valence-corrected chi connectivity index (χ1v) is 3.27. The highest BCUT2D eigenvalue weighted by Crippen LogP contribution is 2.06. The minimum Gasteiger partial charge on any atom is -0.425 e. The summed E-state index contributed by atoms with van der Waals surface area (Å²) >= 11 is 0. The Hall–Kier alpha value is -0.255. The molecule has 0 bridgehead atoms. The molecule has 6 heteroatoms. The molecule has 0 fully saturated rings. The number of hydrogen-bond acceptors (Lipinski definition) is 0. The minimum atomic E-state index is -6.00. The molecule has 0 aliphatic carbocycles. The van der Waals surface area contributed by atoms with Gasteiger partial charge < -0.3 is 21.6 Å². The van der Waals surface area contributed by atoms with Gasteiger partial charge in [-0.1, -0.05) is 0 Å². The van der Waals surface area contributed by atoms with Crippen molar-refractivity contribution in [2.45, 2.75) is 13.8 Å². The van der Waals surface area contributed by atoms with Gasteiger partial charge in [0.15, 0.2) is 0 Å². The first-order valence-electron chi connectivity index (χ1n) is 3.27. The van der Waals surface area contributed by atoms with Crippen molar-refractivity contribution >= 4 is 7.25 Å². The van der Waals surface area contributed by atoms with E-state index >= 15 is 0 Å². The molecule has 0 aromatic carbocycles. The fourth-order valence-corrected chi connectivity index (χ4v) is 0.204. The van der Waals surface area contributed by atoms with Crippen LogP contribution in [0.3, 0.4) is 0 Å². The zero-order valence-electron chi connectivity index (χ0n) is 6.91. The summed E-state index contributed by atoms with van der Waals surface area (Å²) in [6, 6.07) is 0. The lowest BCUT2D eigenvalue weighted by molar-refractivity contribution is -0.0830. The minimum absolute atomic E-state index is 1.08.